The lowest BCUT2D eigenvalue weighted by atomic mass is 9.96. The van der Waals surface area contributed by atoms with E-state index in [9.17, 15) is 0 Å². The smallest absolute Gasteiger partial charge is 0.136 e. The topological polar surface area (TPSA) is 51.0 Å². The number of aryl methyl sites for hydroxylation is 1. The first kappa shape index (κ1) is 18.7. The van der Waals surface area contributed by atoms with Gasteiger partial charge in [-0.25, -0.2) is 0 Å². The Balaban J connectivity index is 1.80. The van der Waals surface area contributed by atoms with Crippen molar-refractivity contribution >= 4 is 32.4 Å². The van der Waals surface area contributed by atoms with Crippen LogP contribution in [-0.4, -0.2) is 18.6 Å². The normalized spacial score (nSPS) is 11.5. The maximum absolute atomic E-state index is 5.94. The molecule has 4 aromatic carbocycles. The van der Waals surface area contributed by atoms with Crippen LogP contribution >= 0.6 is 0 Å². The van der Waals surface area contributed by atoms with Gasteiger partial charge in [0.15, 0.2) is 0 Å². The number of benzene rings is 4. The van der Waals surface area contributed by atoms with Crippen LogP contribution < -0.4 is 10.5 Å². The minimum absolute atomic E-state index is 0.722. The minimum atomic E-state index is 0.722. The van der Waals surface area contributed by atoms with Crippen LogP contribution in [-0.2, 0) is 6.42 Å². The van der Waals surface area contributed by atoms with Gasteiger partial charge in [-0.1, -0.05) is 66.7 Å². The Morgan fingerprint density at radius 1 is 0.767 bits per heavy atom. The predicted molar refractivity (Wildman–Crippen MR) is 127 cm³/mol. The molecule has 0 aliphatic carbocycles. The third kappa shape index (κ3) is 3.03. The molecule has 0 spiro atoms. The second kappa shape index (κ2) is 7.85. The van der Waals surface area contributed by atoms with E-state index in [1.165, 1.54) is 32.6 Å². The number of unbranched alkanes of at least 4 members (excludes halogenated alkanes) is 1. The molecule has 0 atom stereocenters. The molecule has 150 valence electrons. The van der Waals surface area contributed by atoms with Crippen molar-refractivity contribution in [3.05, 3.63) is 78.4 Å². The number of hydrogen-bond acceptors (Lipinski definition) is 2. The SMILES string of the molecule is COc1c(-c2[nH]c3c(ccc4ccccc43)c2CCCCN)ccc2ccccc12. The number of aromatic nitrogens is 1. The first-order chi connectivity index (χ1) is 14.8. The molecule has 0 aliphatic rings. The van der Waals surface area contributed by atoms with Gasteiger partial charge in [0, 0.05) is 21.7 Å². The van der Waals surface area contributed by atoms with E-state index in [0.29, 0.717) is 0 Å². The molecule has 3 N–H and O–H groups in total. The monoisotopic (exact) mass is 394 g/mol. The molecule has 5 rings (SSSR count). The Labute approximate surface area is 176 Å². The van der Waals surface area contributed by atoms with Crippen LogP contribution in [0.15, 0.2) is 72.8 Å². The van der Waals surface area contributed by atoms with Gasteiger partial charge in [-0.05, 0) is 48.2 Å². The zero-order valence-electron chi connectivity index (χ0n) is 17.2. The number of nitrogens with one attached hydrogen (secondary N) is 1. The number of ether oxygens (including phenoxy) is 1. The number of hydrogen-bond donors (Lipinski definition) is 2. The lowest BCUT2D eigenvalue weighted by Gasteiger charge is -2.13. The average Bonchev–Trinajstić information content (AvgIpc) is 3.17. The van der Waals surface area contributed by atoms with Crippen molar-refractivity contribution in [1.29, 1.82) is 0 Å². The van der Waals surface area contributed by atoms with E-state index >= 15 is 0 Å². The summed E-state index contributed by atoms with van der Waals surface area (Å²) in [7, 11) is 1.76. The molecule has 3 heteroatoms. The van der Waals surface area contributed by atoms with Gasteiger partial charge >= 0.3 is 0 Å². The average molecular weight is 395 g/mol. The minimum Gasteiger partial charge on any atom is -0.495 e. The Kier molecular flexibility index (Phi) is 4.89. The highest BCUT2D eigenvalue weighted by atomic mass is 16.5. The van der Waals surface area contributed by atoms with E-state index in [2.05, 4.69) is 77.8 Å². The number of aromatic amines is 1. The zero-order valence-corrected chi connectivity index (χ0v) is 17.2. The molecule has 0 aliphatic heterocycles. The summed E-state index contributed by atoms with van der Waals surface area (Å²) < 4.78 is 5.94. The van der Waals surface area contributed by atoms with Gasteiger partial charge < -0.3 is 15.5 Å². The van der Waals surface area contributed by atoms with Crippen molar-refractivity contribution in [1.82, 2.24) is 4.98 Å². The second-order valence-electron chi connectivity index (χ2n) is 7.80. The lowest BCUT2D eigenvalue weighted by molar-refractivity contribution is 0.421. The molecule has 5 aromatic rings. The van der Waals surface area contributed by atoms with Crippen molar-refractivity contribution in [2.24, 2.45) is 5.73 Å². The molecule has 0 unspecified atom stereocenters. The van der Waals surface area contributed by atoms with E-state index in [-0.39, 0.29) is 0 Å². The van der Waals surface area contributed by atoms with E-state index in [1.54, 1.807) is 7.11 Å². The number of rotatable bonds is 6. The van der Waals surface area contributed by atoms with E-state index < -0.39 is 0 Å². The fraction of sp³-hybridized carbons (Fsp3) is 0.185. The maximum atomic E-state index is 5.94. The van der Waals surface area contributed by atoms with Crippen LogP contribution in [0.25, 0.3) is 43.7 Å². The number of nitrogens with two attached hydrogens (primary N) is 1. The standard InChI is InChI=1S/C27H26N2O/c1-30-27-21-11-5-3-9-19(21)14-16-24(27)26-22(12-6-7-17-28)23-15-13-18-8-2-4-10-20(18)25(23)29-26/h2-5,8-11,13-16,29H,6-7,12,17,28H2,1H3. The summed E-state index contributed by atoms with van der Waals surface area (Å²) in [5.74, 6) is 0.920. The van der Waals surface area contributed by atoms with Crippen LogP contribution in [0.3, 0.4) is 0 Å². The fourth-order valence-electron chi connectivity index (χ4n) is 4.59. The van der Waals surface area contributed by atoms with Crippen molar-refractivity contribution in [3.8, 4) is 17.0 Å². The van der Waals surface area contributed by atoms with Gasteiger partial charge in [0.1, 0.15) is 5.75 Å². The molecule has 0 saturated carbocycles. The third-order valence-corrected chi connectivity index (χ3v) is 6.04. The highest BCUT2D eigenvalue weighted by molar-refractivity contribution is 6.09. The first-order valence-electron chi connectivity index (χ1n) is 10.6. The van der Waals surface area contributed by atoms with Crippen LogP contribution in [0.2, 0.25) is 0 Å². The zero-order chi connectivity index (χ0) is 20.5. The molecule has 1 aromatic heterocycles. The molecule has 0 radical (unpaired) electrons. The highest BCUT2D eigenvalue weighted by Gasteiger charge is 2.19. The largest absolute Gasteiger partial charge is 0.495 e. The van der Waals surface area contributed by atoms with Gasteiger partial charge in [-0.2, -0.15) is 0 Å². The molecule has 30 heavy (non-hydrogen) atoms. The first-order valence-corrected chi connectivity index (χ1v) is 10.6. The molecule has 3 nitrogen and oxygen atoms in total. The second-order valence-corrected chi connectivity index (χ2v) is 7.80. The quantitative estimate of drug-likeness (QED) is 0.326. The van der Waals surface area contributed by atoms with Gasteiger partial charge in [0.2, 0.25) is 0 Å². The van der Waals surface area contributed by atoms with E-state index in [1.807, 2.05) is 0 Å². The molecule has 0 amide bonds. The Hall–Kier alpha value is -3.30. The summed E-state index contributed by atoms with van der Waals surface area (Å²) in [4.78, 5) is 3.78. The Bertz CT molecular complexity index is 1350. The van der Waals surface area contributed by atoms with Crippen molar-refractivity contribution in [2.45, 2.75) is 19.3 Å². The van der Waals surface area contributed by atoms with E-state index in [0.717, 1.165) is 48.2 Å². The maximum Gasteiger partial charge on any atom is 0.136 e. The highest BCUT2D eigenvalue weighted by Crippen LogP contribution is 2.41. The molecule has 0 fully saturated rings. The summed E-state index contributed by atoms with van der Waals surface area (Å²) >= 11 is 0. The number of fused-ring (bicyclic) bond motifs is 4. The summed E-state index contributed by atoms with van der Waals surface area (Å²) in [6, 6.07) is 25.8. The molecular weight excluding hydrogens is 368 g/mol. The van der Waals surface area contributed by atoms with Crippen molar-refractivity contribution < 1.29 is 4.74 Å². The summed E-state index contributed by atoms with van der Waals surface area (Å²) in [6.45, 7) is 0.722. The lowest BCUT2D eigenvalue weighted by Crippen LogP contribution is -1.99. The summed E-state index contributed by atoms with van der Waals surface area (Å²) in [5.41, 5.74) is 10.6. The van der Waals surface area contributed by atoms with Crippen molar-refractivity contribution in [3.63, 3.8) is 0 Å². The number of H-pyrrole nitrogens is 1. The number of methoxy groups -OCH3 is 1. The van der Waals surface area contributed by atoms with Gasteiger partial charge in [0.05, 0.1) is 18.3 Å². The van der Waals surface area contributed by atoms with Crippen LogP contribution in [0.5, 0.6) is 5.75 Å². The van der Waals surface area contributed by atoms with Crippen molar-refractivity contribution in [2.75, 3.05) is 13.7 Å². The van der Waals surface area contributed by atoms with Crippen LogP contribution in [0, 0.1) is 0 Å². The van der Waals surface area contributed by atoms with Gasteiger partial charge in [-0.15, -0.1) is 0 Å². The van der Waals surface area contributed by atoms with Crippen LogP contribution in [0.4, 0.5) is 0 Å². The molecule has 0 saturated heterocycles. The van der Waals surface area contributed by atoms with Crippen LogP contribution in [0.1, 0.15) is 18.4 Å². The third-order valence-electron chi connectivity index (χ3n) is 6.04. The molecule has 0 bridgehead atoms. The predicted octanol–water partition coefficient (Wildman–Crippen LogP) is 6.43. The fourth-order valence-corrected chi connectivity index (χ4v) is 4.59. The van der Waals surface area contributed by atoms with E-state index in [4.69, 9.17) is 10.5 Å². The Morgan fingerprint density at radius 3 is 2.23 bits per heavy atom. The molecule has 1 heterocycles. The van der Waals surface area contributed by atoms with Gasteiger partial charge in [-0.3, -0.25) is 0 Å². The Morgan fingerprint density at radius 2 is 1.47 bits per heavy atom. The van der Waals surface area contributed by atoms with Gasteiger partial charge in [0.25, 0.3) is 0 Å². The molecular formula is C27H26N2O. The summed E-state index contributed by atoms with van der Waals surface area (Å²) in [6.07, 6.45) is 3.08. The summed E-state index contributed by atoms with van der Waals surface area (Å²) in [5, 5.41) is 6.10.